The van der Waals surface area contributed by atoms with Crippen LogP contribution in [0.5, 0.6) is 0 Å². The van der Waals surface area contributed by atoms with Gasteiger partial charge >= 0.3 is 0 Å². The van der Waals surface area contributed by atoms with Crippen LogP contribution in [0.1, 0.15) is 39.5 Å². The molecule has 21 heavy (non-hydrogen) atoms. The molecule has 0 radical (unpaired) electrons. The Kier molecular flexibility index (Phi) is 5.07. The van der Waals surface area contributed by atoms with Crippen molar-refractivity contribution >= 4 is 29.7 Å². The van der Waals surface area contributed by atoms with Crippen molar-refractivity contribution in [2.24, 2.45) is 0 Å². The van der Waals surface area contributed by atoms with E-state index in [9.17, 15) is 4.39 Å². The van der Waals surface area contributed by atoms with Crippen LogP contribution in [0.25, 0.3) is 0 Å². The zero-order chi connectivity index (χ0) is 14.3. The predicted octanol–water partition coefficient (Wildman–Crippen LogP) is 4.40. The summed E-state index contributed by atoms with van der Waals surface area (Å²) in [5, 5.41) is 3.99. The van der Waals surface area contributed by atoms with Crippen molar-refractivity contribution in [1.29, 1.82) is 0 Å². The number of piperazine rings is 1. The summed E-state index contributed by atoms with van der Waals surface area (Å²) in [6, 6.07) is 6.12. The summed E-state index contributed by atoms with van der Waals surface area (Å²) in [5.74, 6) is -0.343. The largest absolute Gasteiger partial charge is 0.365 e. The summed E-state index contributed by atoms with van der Waals surface area (Å²) in [7, 11) is 0. The molecule has 3 rings (SSSR count). The normalized spacial score (nSPS) is 27.7. The molecule has 2 fully saturated rings. The van der Waals surface area contributed by atoms with E-state index in [0.29, 0.717) is 12.1 Å². The number of nitrogens with zero attached hydrogens (tertiary/aromatic N) is 1. The molecule has 1 saturated heterocycles. The Bertz CT molecular complexity index is 507. The Morgan fingerprint density at radius 1 is 1.29 bits per heavy atom. The number of anilines is 1. The van der Waals surface area contributed by atoms with E-state index in [4.69, 9.17) is 11.6 Å². The molecule has 2 aliphatic rings. The third-order valence-corrected chi connectivity index (χ3v) is 4.80. The first kappa shape index (κ1) is 16.9. The zero-order valence-corrected chi connectivity index (χ0v) is 14.1. The van der Waals surface area contributed by atoms with Gasteiger partial charge in [-0.15, -0.1) is 12.4 Å². The van der Waals surface area contributed by atoms with Crippen molar-refractivity contribution in [3.8, 4) is 0 Å². The average Bonchev–Trinajstić information content (AvgIpc) is 2.40. The summed E-state index contributed by atoms with van der Waals surface area (Å²) in [6.45, 7) is 5.39. The van der Waals surface area contributed by atoms with Gasteiger partial charge in [-0.05, 0) is 44.9 Å². The van der Waals surface area contributed by atoms with E-state index in [2.05, 4.69) is 24.1 Å². The van der Waals surface area contributed by atoms with E-state index in [0.717, 1.165) is 12.2 Å². The van der Waals surface area contributed by atoms with E-state index in [1.54, 1.807) is 6.07 Å². The fourth-order valence-electron chi connectivity index (χ4n) is 3.69. The third-order valence-electron chi connectivity index (χ3n) is 4.51. The van der Waals surface area contributed by atoms with Gasteiger partial charge in [0.15, 0.2) is 0 Å². The minimum atomic E-state index is -0.343. The van der Waals surface area contributed by atoms with Crippen LogP contribution < -0.4 is 10.2 Å². The van der Waals surface area contributed by atoms with Crippen LogP contribution in [0.2, 0.25) is 5.02 Å². The number of fused-ring (bicyclic) bond motifs is 1. The molecule has 0 amide bonds. The summed E-state index contributed by atoms with van der Waals surface area (Å²) in [4.78, 5) is 2.42. The molecular formula is C16H23Cl2FN2. The van der Waals surface area contributed by atoms with Gasteiger partial charge in [-0.2, -0.15) is 0 Å². The van der Waals surface area contributed by atoms with Crippen LogP contribution in [0.4, 0.5) is 10.1 Å². The number of nitrogens with one attached hydrogen (secondary N) is 1. The maximum atomic E-state index is 13.4. The maximum absolute atomic E-state index is 13.4. The molecule has 1 aromatic rings. The van der Waals surface area contributed by atoms with Crippen molar-refractivity contribution in [2.75, 3.05) is 11.4 Å². The monoisotopic (exact) mass is 332 g/mol. The van der Waals surface area contributed by atoms with Crippen molar-refractivity contribution in [3.63, 3.8) is 0 Å². The number of benzene rings is 1. The number of hydrogen-bond acceptors (Lipinski definition) is 2. The molecule has 1 N–H and O–H groups in total. The summed E-state index contributed by atoms with van der Waals surface area (Å²) >= 11 is 5.96. The zero-order valence-electron chi connectivity index (χ0n) is 12.5. The van der Waals surface area contributed by atoms with Gasteiger partial charge in [-0.3, -0.25) is 0 Å². The molecule has 2 nitrogen and oxygen atoms in total. The quantitative estimate of drug-likeness (QED) is 0.819. The molecule has 0 bridgehead atoms. The molecular weight excluding hydrogens is 310 g/mol. The highest BCUT2D eigenvalue weighted by atomic mass is 35.5. The summed E-state index contributed by atoms with van der Waals surface area (Å²) in [6.07, 6.45) is 4.99. The van der Waals surface area contributed by atoms with Gasteiger partial charge in [0.05, 0.1) is 5.02 Å². The molecule has 1 heterocycles. The first-order valence-corrected chi connectivity index (χ1v) is 7.83. The average molecular weight is 333 g/mol. The molecule has 0 unspecified atom stereocenters. The molecule has 2 atom stereocenters. The van der Waals surface area contributed by atoms with Crippen LogP contribution in [0, 0.1) is 5.82 Å². The van der Waals surface area contributed by atoms with E-state index < -0.39 is 0 Å². The highest BCUT2D eigenvalue weighted by molar-refractivity contribution is 6.31. The Labute approximate surface area is 137 Å². The summed E-state index contributed by atoms with van der Waals surface area (Å²) < 4.78 is 13.4. The minimum Gasteiger partial charge on any atom is -0.365 e. The van der Waals surface area contributed by atoms with Gasteiger partial charge < -0.3 is 10.2 Å². The van der Waals surface area contributed by atoms with Crippen molar-refractivity contribution in [2.45, 2.75) is 57.2 Å². The summed E-state index contributed by atoms with van der Waals surface area (Å²) in [5.41, 5.74) is 1.11. The molecule has 5 heteroatoms. The Hall–Kier alpha value is -0.510. The second-order valence-corrected chi connectivity index (χ2v) is 7.12. The van der Waals surface area contributed by atoms with Gasteiger partial charge in [0, 0.05) is 29.9 Å². The molecule has 1 aromatic carbocycles. The minimum absolute atomic E-state index is 0. The first-order chi connectivity index (χ1) is 9.46. The van der Waals surface area contributed by atoms with Crippen LogP contribution in [-0.4, -0.2) is 24.2 Å². The molecule has 0 spiro atoms. The Morgan fingerprint density at radius 2 is 2.00 bits per heavy atom. The highest BCUT2D eigenvalue weighted by Crippen LogP contribution is 2.34. The second kappa shape index (κ2) is 6.31. The predicted molar refractivity (Wildman–Crippen MR) is 89.3 cm³/mol. The topological polar surface area (TPSA) is 15.3 Å². The lowest BCUT2D eigenvalue weighted by atomic mass is 9.83. The highest BCUT2D eigenvalue weighted by Gasteiger charge is 2.40. The lowest BCUT2D eigenvalue weighted by Crippen LogP contribution is -2.67. The van der Waals surface area contributed by atoms with Gasteiger partial charge in [-0.1, -0.05) is 24.4 Å². The van der Waals surface area contributed by atoms with E-state index in [-0.39, 0.29) is 28.8 Å². The first-order valence-electron chi connectivity index (χ1n) is 7.46. The van der Waals surface area contributed by atoms with Gasteiger partial charge in [0.2, 0.25) is 0 Å². The lowest BCUT2D eigenvalue weighted by Gasteiger charge is -2.52. The van der Waals surface area contributed by atoms with Gasteiger partial charge in [0.25, 0.3) is 0 Å². The number of rotatable bonds is 1. The van der Waals surface area contributed by atoms with Crippen molar-refractivity contribution in [3.05, 3.63) is 29.0 Å². The van der Waals surface area contributed by atoms with Crippen LogP contribution >= 0.6 is 24.0 Å². The molecule has 118 valence electrons. The van der Waals surface area contributed by atoms with Crippen molar-refractivity contribution < 1.29 is 4.39 Å². The standard InChI is InChI=1S/C16H22ClFN2.ClH/c1-16(2)10-20(11-7-8-13(18)12(17)9-11)15-6-4-3-5-14(15)19-16;/h7-9,14-15,19H,3-6,10H2,1-2H3;1H/t14-,15+;/m0./s1. The van der Waals surface area contributed by atoms with E-state index >= 15 is 0 Å². The third kappa shape index (κ3) is 3.46. The molecule has 1 aliphatic carbocycles. The number of halogens is 3. The van der Waals surface area contributed by atoms with E-state index in [1.807, 2.05) is 6.07 Å². The molecule has 1 saturated carbocycles. The van der Waals surface area contributed by atoms with Crippen molar-refractivity contribution in [1.82, 2.24) is 5.32 Å². The van der Waals surface area contributed by atoms with Gasteiger partial charge in [-0.25, -0.2) is 4.39 Å². The second-order valence-electron chi connectivity index (χ2n) is 6.71. The van der Waals surface area contributed by atoms with E-state index in [1.165, 1.54) is 31.7 Å². The lowest BCUT2D eigenvalue weighted by molar-refractivity contribution is 0.199. The molecule has 1 aliphatic heterocycles. The van der Waals surface area contributed by atoms with Crippen LogP contribution in [-0.2, 0) is 0 Å². The van der Waals surface area contributed by atoms with Crippen LogP contribution in [0.15, 0.2) is 18.2 Å². The number of hydrogen-bond donors (Lipinski definition) is 1. The molecule has 0 aromatic heterocycles. The van der Waals surface area contributed by atoms with Crippen LogP contribution in [0.3, 0.4) is 0 Å². The smallest absolute Gasteiger partial charge is 0.141 e. The fraction of sp³-hybridized carbons (Fsp3) is 0.625. The van der Waals surface area contributed by atoms with Gasteiger partial charge in [0.1, 0.15) is 5.82 Å². The Balaban J connectivity index is 0.00000161. The maximum Gasteiger partial charge on any atom is 0.141 e. The fourth-order valence-corrected chi connectivity index (χ4v) is 3.86. The SMILES string of the molecule is CC1(C)CN(c2ccc(F)c(Cl)c2)[C@@H]2CCCC[C@@H]2N1.Cl. The Morgan fingerprint density at radius 3 is 2.71 bits per heavy atom.